The molecule has 0 saturated carbocycles. The summed E-state index contributed by atoms with van der Waals surface area (Å²) in [5.41, 5.74) is 1.79. The Bertz CT molecular complexity index is 1230. The van der Waals surface area contributed by atoms with Crippen LogP contribution in [0, 0.1) is 6.92 Å². The summed E-state index contributed by atoms with van der Waals surface area (Å²) in [6.45, 7) is 9.25. The van der Waals surface area contributed by atoms with Gasteiger partial charge in [-0.3, -0.25) is 0 Å². The molecule has 0 saturated heterocycles. The van der Waals surface area contributed by atoms with E-state index in [4.69, 9.17) is 9.47 Å². The molecule has 2 rings (SSSR count). The molecular weight excluding hydrogens is 534 g/mol. The first-order valence-electron chi connectivity index (χ1n) is 11.0. The highest BCUT2D eigenvalue weighted by Crippen LogP contribution is 2.20. The lowest BCUT2D eigenvalue weighted by Gasteiger charge is -2.11. The largest absolute Gasteiger partial charge is 0.463 e. The van der Waals surface area contributed by atoms with E-state index >= 15 is 0 Å². The molecule has 0 aliphatic rings. The molecule has 0 atom stereocenters. The van der Waals surface area contributed by atoms with Gasteiger partial charge in [0.2, 0.25) is 0 Å². The third kappa shape index (κ3) is 8.60. The average molecular weight is 562 g/mol. The zero-order valence-electron chi connectivity index (χ0n) is 19.9. The van der Waals surface area contributed by atoms with Crippen molar-refractivity contribution >= 4 is 43.6 Å². The standard InChI is InChI=1S/C26H28BrNO6S/c1-5-33-25(29)19(4)9-10-21(26(30)34-6-2)17-24(20-11-13-22(27)14-12-20)28-35(31,32)23-15-7-18(3)8-16-23/h7-8,11-17H,4-6,9-10H2,1-3H3/b21-17+,28-24+. The molecule has 0 amide bonds. The minimum atomic E-state index is -4.08. The number of benzene rings is 2. The van der Waals surface area contributed by atoms with Crippen LogP contribution in [0.3, 0.4) is 0 Å². The SMILES string of the molecule is C=C(CC/C(=C\C(=N/S(=O)(=O)c1ccc(C)cc1)c1ccc(Br)cc1)C(=O)OCC)C(=O)OCC. The van der Waals surface area contributed by atoms with E-state index in [1.54, 1.807) is 50.2 Å². The van der Waals surface area contributed by atoms with Gasteiger partial charge in [-0.25, -0.2) is 9.59 Å². The predicted molar refractivity (Wildman–Crippen MR) is 139 cm³/mol. The molecule has 0 spiro atoms. The van der Waals surface area contributed by atoms with Crippen molar-refractivity contribution < 1.29 is 27.5 Å². The number of halogens is 1. The van der Waals surface area contributed by atoms with Crippen molar-refractivity contribution in [3.8, 4) is 0 Å². The Balaban J connectivity index is 2.56. The van der Waals surface area contributed by atoms with Gasteiger partial charge >= 0.3 is 11.9 Å². The van der Waals surface area contributed by atoms with Crippen LogP contribution in [-0.2, 0) is 29.1 Å². The second kappa shape index (κ2) is 13.2. The Morgan fingerprint density at radius 3 is 2.09 bits per heavy atom. The molecule has 2 aromatic rings. The monoisotopic (exact) mass is 561 g/mol. The quantitative estimate of drug-likeness (QED) is 0.209. The van der Waals surface area contributed by atoms with Crippen LogP contribution in [0.5, 0.6) is 0 Å². The molecule has 186 valence electrons. The van der Waals surface area contributed by atoms with E-state index in [0.717, 1.165) is 10.0 Å². The molecular formula is C26H28BrNO6S. The minimum absolute atomic E-state index is 0.0273. The topological polar surface area (TPSA) is 99.1 Å². The summed E-state index contributed by atoms with van der Waals surface area (Å²) < 4.78 is 41.1. The number of esters is 2. The van der Waals surface area contributed by atoms with Crippen LogP contribution in [0.4, 0.5) is 0 Å². The Hall–Kier alpha value is -3.04. The van der Waals surface area contributed by atoms with Crippen LogP contribution < -0.4 is 0 Å². The van der Waals surface area contributed by atoms with Crippen LogP contribution in [0.25, 0.3) is 0 Å². The molecule has 0 radical (unpaired) electrons. The second-order valence-electron chi connectivity index (χ2n) is 7.49. The highest BCUT2D eigenvalue weighted by atomic mass is 79.9. The van der Waals surface area contributed by atoms with Crippen molar-refractivity contribution in [1.29, 1.82) is 0 Å². The number of hydrogen-bond donors (Lipinski definition) is 0. The zero-order valence-corrected chi connectivity index (χ0v) is 22.3. The van der Waals surface area contributed by atoms with Crippen LogP contribution >= 0.6 is 15.9 Å². The van der Waals surface area contributed by atoms with E-state index in [2.05, 4.69) is 26.9 Å². The maximum atomic E-state index is 13.1. The molecule has 35 heavy (non-hydrogen) atoms. The van der Waals surface area contributed by atoms with E-state index in [9.17, 15) is 18.0 Å². The molecule has 0 aliphatic heterocycles. The number of hydrogen-bond acceptors (Lipinski definition) is 6. The fourth-order valence-corrected chi connectivity index (χ4v) is 4.19. The van der Waals surface area contributed by atoms with Crippen molar-refractivity contribution in [3.63, 3.8) is 0 Å². The third-order valence-electron chi connectivity index (χ3n) is 4.79. The summed E-state index contributed by atoms with van der Waals surface area (Å²) in [5.74, 6) is -1.19. The molecule has 0 N–H and O–H groups in total. The highest BCUT2D eigenvalue weighted by Gasteiger charge is 2.19. The lowest BCUT2D eigenvalue weighted by Crippen LogP contribution is -2.13. The number of allylic oxidation sites excluding steroid dienone is 1. The first kappa shape index (κ1) is 28.2. The van der Waals surface area contributed by atoms with Gasteiger partial charge in [0.1, 0.15) is 0 Å². The van der Waals surface area contributed by atoms with Gasteiger partial charge in [0.05, 0.1) is 23.8 Å². The van der Waals surface area contributed by atoms with E-state index in [-0.39, 0.29) is 47.8 Å². The number of rotatable bonds is 11. The minimum Gasteiger partial charge on any atom is -0.463 e. The van der Waals surface area contributed by atoms with Gasteiger partial charge in [-0.15, -0.1) is 0 Å². The normalized spacial score (nSPS) is 12.2. The molecule has 0 unspecified atom stereocenters. The van der Waals surface area contributed by atoms with Crippen molar-refractivity contribution in [2.24, 2.45) is 4.40 Å². The Labute approximate surface area is 214 Å². The van der Waals surface area contributed by atoms with E-state index in [1.807, 2.05) is 6.92 Å². The van der Waals surface area contributed by atoms with Crippen molar-refractivity contribution in [2.45, 2.75) is 38.5 Å². The fraction of sp³-hybridized carbons (Fsp3) is 0.269. The molecule has 7 nitrogen and oxygen atoms in total. The first-order valence-corrected chi connectivity index (χ1v) is 13.2. The van der Waals surface area contributed by atoms with Crippen molar-refractivity contribution in [1.82, 2.24) is 0 Å². The average Bonchev–Trinajstić information content (AvgIpc) is 2.81. The molecule has 2 aromatic carbocycles. The van der Waals surface area contributed by atoms with Crippen LogP contribution in [-0.4, -0.2) is 39.3 Å². The summed E-state index contributed by atoms with van der Waals surface area (Å²) >= 11 is 3.36. The Morgan fingerprint density at radius 1 is 0.943 bits per heavy atom. The van der Waals surface area contributed by atoms with Crippen molar-refractivity contribution in [3.05, 3.63) is 87.9 Å². The second-order valence-corrected chi connectivity index (χ2v) is 10.0. The van der Waals surface area contributed by atoms with Gasteiger partial charge < -0.3 is 9.47 Å². The van der Waals surface area contributed by atoms with E-state index in [0.29, 0.717) is 5.56 Å². The van der Waals surface area contributed by atoms with Gasteiger partial charge in [0.15, 0.2) is 0 Å². The number of ether oxygens (including phenoxy) is 2. The lowest BCUT2D eigenvalue weighted by atomic mass is 10.0. The lowest BCUT2D eigenvalue weighted by molar-refractivity contribution is -0.140. The summed E-state index contributed by atoms with van der Waals surface area (Å²) in [5, 5.41) is 0. The molecule has 9 heteroatoms. The summed E-state index contributed by atoms with van der Waals surface area (Å²) in [4.78, 5) is 24.7. The number of carbonyl (C=O) groups excluding carboxylic acids is 2. The van der Waals surface area contributed by atoms with E-state index < -0.39 is 22.0 Å². The maximum absolute atomic E-state index is 13.1. The molecule has 0 bridgehead atoms. The fourth-order valence-electron chi connectivity index (χ4n) is 2.92. The van der Waals surface area contributed by atoms with Gasteiger partial charge in [-0.05, 0) is 64.0 Å². The number of sulfonamides is 1. The maximum Gasteiger partial charge on any atom is 0.334 e. The molecule has 0 aliphatic carbocycles. The van der Waals surface area contributed by atoms with E-state index in [1.165, 1.54) is 18.2 Å². The Kier molecular flexibility index (Phi) is 10.6. The molecule has 0 fully saturated rings. The van der Waals surface area contributed by atoms with Gasteiger partial charge in [-0.1, -0.05) is 52.3 Å². The summed E-state index contributed by atoms with van der Waals surface area (Å²) in [6, 6.07) is 13.2. The smallest absolute Gasteiger partial charge is 0.334 e. The predicted octanol–water partition coefficient (Wildman–Crippen LogP) is 5.32. The first-order chi connectivity index (χ1) is 16.6. The van der Waals surface area contributed by atoms with Gasteiger partial charge in [0, 0.05) is 21.2 Å². The zero-order chi connectivity index (χ0) is 26.0. The highest BCUT2D eigenvalue weighted by molar-refractivity contribution is 9.10. The van der Waals surface area contributed by atoms with Gasteiger partial charge in [-0.2, -0.15) is 12.8 Å². The third-order valence-corrected chi connectivity index (χ3v) is 6.62. The Morgan fingerprint density at radius 2 is 1.51 bits per heavy atom. The molecule has 0 heterocycles. The van der Waals surface area contributed by atoms with Crippen LogP contribution in [0.2, 0.25) is 0 Å². The molecule has 0 aromatic heterocycles. The van der Waals surface area contributed by atoms with Crippen molar-refractivity contribution in [2.75, 3.05) is 13.2 Å². The number of nitrogens with zero attached hydrogens (tertiary/aromatic N) is 1. The number of carbonyl (C=O) groups is 2. The summed E-state index contributed by atoms with van der Waals surface area (Å²) in [7, 11) is -4.08. The summed E-state index contributed by atoms with van der Waals surface area (Å²) in [6.07, 6.45) is 1.59. The van der Waals surface area contributed by atoms with Crippen LogP contribution in [0.1, 0.15) is 37.8 Å². The van der Waals surface area contributed by atoms with Gasteiger partial charge in [0.25, 0.3) is 10.0 Å². The van der Waals surface area contributed by atoms with Crippen LogP contribution in [0.15, 0.2) is 86.1 Å². The number of aryl methyl sites for hydroxylation is 1.